The molecule has 2 N–H and O–H groups in total. The summed E-state index contributed by atoms with van der Waals surface area (Å²) in [7, 11) is 0. The van der Waals surface area contributed by atoms with Crippen molar-refractivity contribution in [3.63, 3.8) is 0 Å². The number of anilines is 2. The molecule has 0 fully saturated rings. The Balaban J connectivity index is 1.48. The number of carbonyl (C=O) groups is 2. The van der Waals surface area contributed by atoms with Gasteiger partial charge >= 0.3 is 0 Å². The largest absolute Gasteiger partial charge is 0.484 e. The number of ether oxygens (including phenoxy) is 1. The summed E-state index contributed by atoms with van der Waals surface area (Å²) >= 11 is 1.32. The molecule has 8 nitrogen and oxygen atoms in total. The Morgan fingerprint density at radius 3 is 2.53 bits per heavy atom. The molecular formula is C21H23N5O3S. The maximum atomic E-state index is 12.3. The van der Waals surface area contributed by atoms with Crippen LogP contribution < -0.4 is 15.4 Å². The zero-order valence-electron chi connectivity index (χ0n) is 16.7. The molecule has 30 heavy (non-hydrogen) atoms. The summed E-state index contributed by atoms with van der Waals surface area (Å²) in [5.41, 5.74) is 1.30. The molecule has 0 unspecified atom stereocenters. The minimum Gasteiger partial charge on any atom is -0.484 e. The summed E-state index contributed by atoms with van der Waals surface area (Å²) in [4.78, 5) is 24.3. The maximum absolute atomic E-state index is 12.3. The lowest BCUT2D eigenvalue weighted by molar-refractivity contribution is -0.118. The molecule has 0 aliphatic rings. The third kappa shape index (κ3) is 6.35. The molecule has 0 aliphatic heterocycles. The fraction of sp³-hybridized carbons (Fsp3) is 0.238. The van der Waals surface area contributed by atoms with Crippen LogP contribution >= 0.6 is 11.8 Å². The number of hydrogen-bond donors (Lipinski definition) is 2. The number of nitrogens with zero attached hydrogens (tertiary/aromatic N) is 3. The number of para-hydroxylation sites is 1. The van der Waals surface area contributed by atoms with Crippen molar-refractivity contribution in [1.82, 2.24) is 14.8 Å². The van der Waals surface area contributed by atoms with E-state index in [0.717, 1.165) is 0 Å². The molecule has 0 spiro atoms. The minimum atomic E-state index is -0.263. The van der Waals surface area contributed by atoms with Gasteiger partial charge in [0.25, 0.3) is 5.91 Å². The molecule has 1 heterocycles. The summed E-state index contributed by atoms with van der Waals surface area (Å²) in [6.45, 7) is 3.92. The van der Waals surface area contributed by atoms with Crippen LogP contribution in [-0.4, -0.2) is 38.9 Å². The van der Waals surface area contributed by atoms with Crippen molar-refractivity contribution in [1.29, 1.82) is 0 Å². The van der Waals surface area contributed by atoms with Crippen molar-refractivity contribution in [2.24, 2.45) is 0 Å². The Morgan fingerprint density at radius 2 is 1.77 bits per heavy atom. The van der Waals surface area contributed by atoms with Gasteiger partial charge in [0.15, 0.2) is 11.8 Å². The Labute approximate surface area is 179 Å². The number of carbonyl (C=O) groups excluding carboxylic acids is 2. The van der Waals surface area contributed by atoms with Gasteiger partial charge in [-0.3, -0.25) is 9.59 Å². The number of aromatic nitrogens is 3. The first kappa shape index (κ1) is 21.4. The van der Waals surface area contributed by atoms with Gasteiger partial charge in [-0.2, -0.15) is 0 Å². The standard InChI is InChI=1S/C21H23N5O3S/c1-15(2)26-14-22-25-21(26)30-13-20(28)24-17-9-6-10-18(11-17)29-12-19(27)23-16-7-4-3-5-8-16/h3-11,14-15H,12-13H2,1-2H3,(H,23,27)(H,24,28). The van der Waals surface area contributed by atoms with Crippen LogP contribution in [0.2, 0.25) is 0 Å². The highest BCUT2D eigenvalue weighted by molar-refractivity contribution is 7.99. The van der Waals surface area contributed by atoms with Gasteiger partial charge in [-0.15, -0.1) is 10.2 Å². The van der Waals surface area contributed by atoms with Gasteiger partial charge in [0, 0.05) is 23.5 Å². The predicted octanol–water partition coefficient (Wildman–Crippen LogP) is 3.61. The highest BCUT2D eigenvalue weighted by atomic mass is 32.2. The molecular weight excluding hydrogens is 402 g/mol. The average molecular weight is 426 g/mol. The van der Waals surface area contributed by atoms with E-state index in [9.17, 15) is 9.59 Å². The molecule has 0 radical (unpaired) electrons. The van der Waals surface area contributed by atoms with E-state index in [1.807, 2.05) is 36.6 Å². The number of thioether (sulfide) groups is 1. The van der Waals surface area contributed by atoms with Gasteiger partial charge in [0.1, 0.15) is 12.1 Å². The van der Waals surface area contributed by atoms with Crippen LogP contribution in [0.15, 0.2) is 66.1 Å². The van der Waals surface area contributed by atoms with Gasteiger partial charge in [-0.1, -0.05) is 36.0 Å². The lowest BCUT2D eigenvalue weighted by Crippen LogP contribution is -2.20. The Morgan fingerprint density at radius 1 is 1.03 bits per heavy atom. The van der Waals surface area contributed by atoms with Gasteiger partial charge < -0.3 is 19.9 Å². The third-order valence-electron chi connectivity index (χ3n) is 3.97. The van der Waals surface area contributed by atoms with Crippen LogP contribution in [-0.2, 0) is 9.59 Å². The molecule has 3 rings (SSSR count). The van der Waals surface area contributed by atoms with E-state index < -0.39 is 0 Å². The summed E-state index contributed by atoms with van der Waals surface area (Å²) < 4.78 is 7.44. The van der Waals surface area contributed by atoms with E-state index >= 15 is 0 Å². The number of amides is 2. The first-order chi connectivity index (χ1) is 14.5. The molecule has 1 aromatic heterocycles. The van der Waals surface area contributed by atoms with Crippen LogP contribution in [0.3, 0.4) is 0 Å². The minimum absolute atomic E-state index is 0.132. The summed E-state index contributed by atoms with van der Waals surface area (Å²) in [6.07, 6.45) is 1.65. The van der Waals surface area contributed by atoms with Crippen molar-refractivity contribution in [3.8, 4) is 5.75 Å². The normalized spacial score (nSPS) is 10.6. The van der Waals surface area contributed by atoms with Gasteiger partial charge in [-0.05, 0) is 38.1 Å². The van der Waals surface area contributed by atoms with Crippen molar-refractivity contribution in [2.75, 3.05) is 23.0 Å². The third-order valence-corrected chi connectivity index (χ3v) is 4.93. The van der Waals surface area contributed by atoms with Crippen molar-refractivity contribution in [2.45, 2.75) is 25.0 Å². The number of rotatable bonds is 9. The second-order valence-corrected chi connectivity index (χ2v) is 7.62. The number of nitrogens with one attached hydrogen (secondary N) is 2. The van der Waals surface area contributed by atoms with Crippen LogP contribution in [0.1, 0.15) is 19.9 Å². The quantitative estimate of drug-likeness (QED) is 0.508. The fourth-order valence-corrected chi connectivity index (χ4v) is 3.39. The molecule has 0 saturated carbocycles. The topological polar surface area (TPSA) is 98.1 Å². The lowest BCUT2D eigenvalue weighted by atomic mass is 10.3. The highest BCUT2D eigenvalue weighted by Gasteiger charge is 2.11. The zero-order valence-corrected chi connectivity index (χ0v) is 17.6. The Bertz CT molecular complexity index is 991. The van der Waals surface area contributed by atoms with E-state index in [2.05, 4.69) is 20.8 Å². The first-order valence-corrected chi connectivity index (χ1v) is 10.4. The molecule has 9 heteroatoms. The van der Waals surface area contributed by atoms with E-state index in [0.29, 0.717) is 22.3 Å². The van der Waals surface area contributed by atoms with E-state index in [1.54, 1.807) is 42.7 Å². The molecule has 0 atom stereocenters. The highest BCUT2D eigenvalue weighted by Crippen LogP contribution is 2.21. The lowest BCUT2D eigenvalue weighted by Gasteiger charge is -2.11. The summed E-state index contributed by atoms with van der Waals surface area (Å²) in [5.74, 6) is 0.262. The number of benzene rings is 2. The van der Waals surface area contributed by atoms with Crippen molar-refractivity contribution in [3.05, 3.63) is 60.9 Å². The molecule has 0 saturated heterocycles. The fourth-order valence-electron chi connectivity index (χ4n) is 2.55. The van der Waals surface area contributed by atoms with Crippen molar-refractivity contribution >= 4 is 35.0 Å². The van der Waals surface area contributed by atoms with Crippen LogP contribution in [0.5, 0.6) is 5.75 Å². The van der Waals surface area contributed by atoms with Crippen LogP contribution in [0.4, 0.5) is 11.4 Å². The van der Waals surface area contributed by atoms with Crippen LogP contribution in [0.25, 0.3) is 0 Å². The molecule has 2 aromatic carbocycles. The van der Waals surface area contributed by atoms with Crippen LogP contribution in [0, 0.1) is 0 Å². The maximum Gasteiger partial charge on any atom is 0.262 e. The van der Waals surface area contributed by atoms with E-state index in [1.165, 1.54) is 11.8 Å². The number of hydrogen-bond acceptors (Lipinski definition) is 6. The summed E-state index contributed by atoms with van der Waals surface area (Å²) in [6, 6.07) is 16.3. The SMILES string of the molecule is CC(C)n1cnnc1SCC(=O)Nc1cccc(OCC(=O)Nc2ccccc2)c1. The zero-order chi connectivity index (χ0) is 21.3. The second-order valence-electron chi connectivity index (χ2n) is 6.68. The Kier molecular flexibility index (Phi) is 7.45. The van der Waals surface area contributed by atoms with Gasteiger partial charge in [-0.25, -0.2) is 0 Å². The van der Waals surface area contributed by atoms with Gasteiger partial charge in [0.05, 0.1) is 5.75 Å². The van der Waals surface area contributed by atoms with Gasteiger partial charge in [0.2, 0.25) is 5.91 Å². The molecule has 0 aliphatic carbocycles. The van der Waals surface area contributed by atoms with E-state index in [4.69, 9.17) is 4.74 Å². The van der Waals surface area contributed by atoms with E-state index in [-0.39, 0.29) is 30.2 Å². The predicted molar refractivity (Wildman–Crippen MR) is 117 cm³/mol. The second kappa shape index (κ2) is 10.4. The summed E-state index contributed by atoms with van der Waals surface area (Å²) in [5, 5.41) is 14.2. The monoisotopic (exact) mass is 425 g/mol. The molecule has 3 aromatic rings. The van der Waals surface area contributed by atoms with Crippen molar-refractivity contribution < 1.29 is 14.3 Å². The first-order valence-electron chi connectivity index (χ1n) is 9.41. The average Bonchev–Trinajstić information content (AvgIpc) is 3.21. The molecule has 2 amide bonds. The Hall–Kier alpha value is -3.33. The molecule has 156 valence electrons. The smallest absolute Gasteiger partial charge is 0.262 e. The molecule has 0 bridgehead atoms.